The minimum absolute atomic E-state index is 0.144. The molecule has 0 aromatic heterocycles. The molecule has 2 aromatic carbocycles. The predicted molar refractivity (Wildman–Crippen MR) is 79.0 cm³/mol. The van der Waals surface area contributed by atoms with Gasteiger partial charge in [0, 0.05) is 17.8 Å². The van der Waals surface area contributed by atoms with Crippen molar-refractivity contribution in [2.75, 3.05) is 11.9 Å². The highest BCUT2D eigenvalue weighted by molar-refractivity contribution is 5.50. The van der Waals surface area contributed by atoms with Gasteiger partial charge in [0.15, 0.2) is 0 Å². The van der Waals surface area contributed by atoms with Crippen LogP contribution < -0.4 is 5.32 Å². The van der Waals surface area contributed by atoms with E-state index in [1.54, 1.807) is 6.07 Å². The Balaban J connectivity index is 1.71. The van der Waals surface area contributed by atoms with E-state index in [-0.39, 0.29) is 5.82 Å². The van der Waals surface area contributed by atoms with Crippen molar-refractivity contribution in [1.29, 1.82) is 0 Å². The van der Waals surface area contributed by atoms with Crippen LogP contribution >= 0.6 is 0 Å². The Hall–Kier alpha value is -1.83. The van der Waals surface area contributed by atoms with Crippen molar-refractivity contribution in [3.63, 3.8) is 0 Å². The van der Waals surface area contributed by atoms with Crippen LogP contribution in [0.4, 0.5) is 10.1 Å². The molecule has 2 rings (SSSR count). The largest absolute Gasteiger partial charge is 0.385 e. The van der Waals surface area contributed by atoms with Crippen molar-refractivity contribution in [3.8, 4) is 0 Å². The number of rotatable bonds is 6. The summed E-state index contributed by atoms with van der Waals surface area (Å²) in [6, 6.07) is 15.7. The van der Waals surface area contributed by atoms with E-state index in [1.165, 1.54) is 11.6 Å². The van der Waals surface area contributed by atoms with E-state index in [9.17, 15) is 4.39 Å². The highest BCUT2D eigenvalue weighted by Crippen LogP contribution is 2.17. The summed E-state index contributed by atoms with van der Waals surface area (Å²) in [6.45, 7) is 2.69. The fraction of sp³-hybridized carbons (Fsp3) is 0.294. The van der Waals surface area contributed by atoms with Crippen molar-refractivity contribution < 1.29 is 4.39 Å². The Morgan fingerprint density at radius 3 is 2.53 bits per heavy atom. The van der Waals surface area contributed by atoms with E-state index in [2.05, 4.69) is 29.6 Å². The molecular formula is C17H20FN. The van der Waals surface area contributed by atoms with Gasteiger partial charge in [-0.2, -0.15) is 0 Å². The highest BCUT2D eigenvalue weighted by Gasteiger charge is 2.01. The zero-order valence-electron chi connectivity index (χ0n) is 11.3. The average molecular weight is 257 g/mol. The molecule has 0 radical (unpaired) electrons. The second-order valence-electron chi connectivity index (χ2n) is 4.78. The fourth-order valence-corrected chi connectivity index (χ4v) is 2.12. The van der Waals surface area contributed by atoms with Crippen molar-refractivity contribution in [2.24, 2.45) is 0 Å². The number of anilines is 1. The molecule has 0 aliphatic heterocycles. The van der Waals surface area contributed by atoms with Crippen LogP contribution in [0.2, 0.25) is 0 Å². The van der Waals surface area contributed by atoms with Crippen LogP contribution in [0.3, 0.4) is 0 Å². The van der Waals surface area contributed by atoms with Crippen LogP contribution in [0.1, 0.15) is 24.0 Å². The van der Waals surface area contributed by atoms with Crippen molar-refractivity contribution in [2.45, 2.75) is 26.2 Å². The number of hydrogen-bond donors (Lipinski definition) is 1. The third kappa shape index (κ3) is 4.09. The van der Waals surface area contributed by atoms with Gasteiger partial charge >= 0.3 is 0 Å². The Morgan fingerprint density at radius 2 is 1.74 bits per heavy atom. The maximum Gasteiger partial charge on any atom is 0.128 e. The van der Waals surface area contributed by atoms with Crippen LogP contribution in [0.25, 0.3) is 0 Å². The highest BCUT2D eigenvalue weighted by atomic mass is 19.1. The maximum absolute atomic E-state index is 13.3. The molecule has 0 aliphatic rings. The predicted octanol–water partition coefficient (Wildman–Crippen LogP) is 4.57. The van der Waals surface area contributed by atoms with E-state index in [1.807, 2.05) is 19.1 Å². The van der Waals surface area contributed by atoms with Gasteiger partial charge in [-0.3, -0.25) is 0 Å². The third-order valence-corrected chi connectivity index (χ3v) is 3.32. The Kier molecular flexibility index (Phi) is 4.96. The van der Waals surface area contributed by atoms with Crippen LogP contribution in [0.5, 0.6) is 0 Å². The van der Waals surface area contributed by atoms with Crippen LogP contribution in [-0.4, -0.2) is 6.54 Å². The van der Waals surface area contributed by atoms with Gasteiger partial charge in [0.2, 0.25) is 0 Å². The molecule has 0 unspecified atom stereocenters. The van der Waals surface area contributed by atoms with Crippen LogP contribution in [0.15, 0.2) is 48.5 Å². The summed E-state index contributed by atoms with van der Waals surface area (Å²) in [7, 11) is 0. The molecule has 0 saturated carbocycles. The summed E-state index contributed by atoms with van der Waals surface area (Å²) in [5.41, 5.74) is 2.98. The van der Waals surface area contributed by atoms with Crippen LogP contribution in [0, 0.1) is 12.7 Å². The number of nitrogens with one attached hydrogen (secondary N) is 1. The van der Waals surface area contributed by atoms with Crippen LogP contribution in [-0.2, 0) is 6.42 Å². The second-order valence-corrected chi connectivity index (χ2v) is 4.78. The minimum atomic E-state index is -0.144. The maximum atomic E-state index is 13.3. The molecule has 2 aromatic rings. The van der Waals surface area contributed by atoms with E-state index < -0.39 is 0 Å². The number of unbranched alkanes of at least 4 members (excludes halogenated alkanes) is 1. The Labute approximate surface area is 114 Å². The summed E-state index contributed by atoms with van der Waals surface area (Å²) in [6.07, 6.45) is 3.33. The van der Waals surface area contributed by atoms with Gasteiger partial charge in [-0.1, -0.05) is 36.4 Å². The van der Waals surface area contributed by atoms with Gasteiger partial charge in [0.25, 0.3) is 0 Å². The molecule has 0 saturated heterocycles. The molecule has 0 amide bonds. The smallest absolute Gasteiger partial charge is 0.128 e. The summed E-state index contributed by atoms with van der Waals surface area (Å²) in [5, 5.41) is 3.30. The number of halogens is 1. The molecule has 0 spiro atoms. The van der Waals surface area contributed by atoms with Crippen molar-refractivity contribution >= 4 is 5.69 Å². The van der Waals surface area contributed by atoms with E-state index >= 15 is 0 Å². The number of hydrogen-bond acceptors (Lipinski definition) is 1. The Morgan fingerprint density at radius 1 is 0.947 bits per heavy atom. The second kappa shape index (κ2) is 6.93. The molecule has 0 bridgehead atoms. The standard InChI is InChI=1S/C17H20FN/c1-14-16(18)11-7-12-17(14)19-13-6-5-10-15-8-3-2-4-9-15/h2-4,7-9,11-12,19H,5-6,10,13H2,1H3. The first-order valence-corrected chi connectivity index (χ1v) is 6.80. The minimum Gasteiger partial charge on any atom is -0.385 e. The quantitative estimate of drug-likeness (QED) is 0.747. The molecule has 100 valence electrons. The third-order valence-electron chi connectivity index (χ3n) is 3.32. The first kappa shape index (κ1) is 13.6. The van der Waals surface area contributed by atoms with Crippen molar-refractivity contribution in [1.82, 2.24) is 0 Å². The lowest BCUT2D eigenvalue weighted by atomic mass is 10.1. The lowest BCUT2D eigenvalue weighted by molar-refractivity contribution is 0.619. The molecule has 1 N–H and O–H groups in total. The normalized spacial score (nSPS) is 10.4. The zero-order chi connectivity index (χ0) is 13.5. The van der Waals surface area contributed by atoms with Gasteiger partial charge in [0.05, 0.1) is 0 Å². The van der Waals surface area contributed by atoms with E-state index in [4.69, 9.17) is 0 Å². The molecule has 0 aliphatic carbocycles. The fourth-order valence-electron chi connectivity index (χ4n) is 2.12. The topological polar surface area (TPSA) is 12.0 Å². The molecule has 2 heteroatoms. The van der Waals surface area contributed by atoms with Gasteiger partial charge < -0.3 is 5.32 Å². The lowest BCUT2D eigenvalue weighted by Crippen LogP contribution is -2.04. The van der Waals surface area contributed by atoms with Gasteiger partial charge in [0.1, 0.15) is 5.82 Å². The lowest BCUT2D eigenvalue weighted by Gasteiger charge is -2.09. The number of benzene rings is 2. The molecule has 1 nitrogen and oxygen atoms in total. The summed E-state index contributed by atoms with van der Waals surface area (Å²) in [4.78, 5) is 0. The zero-order valence-corrected chi connectivity index (χ0v) is 11.3. The van der Waals surface area contributed by atoms with Gasteiger partial charge in [-0.15, -0.1) is 0 Å². The van der Waals surface area contributed by atoms with E-state index in [0.29, 0.717) is 5.56 Å². The first-order chi connectivity index (χ1) is 9.27. The van der Waals surface area contributed by atoms with Gasteiger partial charge in [-0.05, 0) is 43.9 Å². The number of aryl methyl sites for hydroxylation is 1. The van der Waals surface area contributed by atoms with Gasteiger partial charge in [-0.25, -0.2) is 4.39 Å². The average Bonchev–Trinajstić information content (AvgIpc) is 2.44. The monoisotopic (exact) mass is 257 g/mol. The summed E-state index contributed by atoms with van der Waals surface area (Å²) < 4.78 is 13.3. The molecule has 0 atom stereocenters. The summed E-state index contributed by atoms with van der Waals surface area (Å²) in [5.74, 6) is -0.144. The molecule has 19 heavy (non-hydrogen) atoms. The Bertz CT molecular complexity index is 508. The van der Waals surface area contributed by atoms with Crippen molar-refractivity contribution in [3.05, 3.63) is 65.5 Å². The molecule has 0 heterocycles. The SMILES string of the molecule is Cc1c(F)cccc1NCCCCc1ccccc1. The molecule has 0 fully saturated rings. The van der Waals surface area contributed by atoms with E-state index in [0.717, 1.165) is 31.5 Å². The molecular weight excluding hydrogens is 237 g/mol. The summed E-state index contributed by atoms with van der Waals surface area (Å²) >= 11 is 0. The first-order valence-electron chi connectivity index (χ1n) is 6.80.